The van der Waals surface area contributed by atoms with E-state index >= 15 is 0 Å². The first kappa shape index (κ1) is 43.0. The van der Waals surface area contributed by atoms with Crippen molar-refractivity contribution in [3.8, 4) is 39.9 Å². The summed E-state index contributed by atoms with van der Waals surface area (Å²) in [6.45, 7) is 14.5. The van der Waals surface area contributed by atoms with Crippen LogP contribution in [0.25, 0.3) is 31.9 Å². The molecule has 6 aromatic rings. The van der Waals surface area contributed by atoms with E-state index in [1.165, 1.54) is 12.1 Å². The number of rotatable bonds is 4. The molecule has 0 fully saturated rings. The molecule has 0 radical (unpaired) electrons. The second-order valence-corrected chi connectivity index (χ2v) is 13.8. The number of hydrogen-bond donors (Lipinski definition) is 3. The van der Waals surface area contributed by atoms with Gasteiger partial charge in [0.25, 0.3) is 0 Å². The summed E-state index contributed by atoms with van der Waals surface area (Å²) in [7, 11) is 3.18. The Kier molecular flexibility index (Phi) is 13.7. The third-order valence-electron chi connectivity index (χ3n) is 10.0. The topological polar surface area (TPSA) is 159 Å². The maximum atomic E-state index is 9.13. The molecule has 14 heteroatoms. The molecule has 0 bridgehead atoms. The first-order valence-electron chi connectivity index (χ1n) is 18.9. The minimum Gasteiger partial charge on any atom is -0.485 e. The number of ether oxygens (including phenoxy) is 2. The Bertz CT molecular complexity index is 2690. The number of hydrogen-bond acceptors (Lipinski definition) is 11. The zero-order valence-electron chi connectivity index (χ0n) is 33.1. The van der Waals surface area contributed by atoms with Crippen LogP contribution in [0.1, 0.15) is 47.3 Å². The minimum atomic E-state index is -0.958. The highest BCUT2D eigenvalue weighted by molar-refractivity contribution is 6.05. The summed E-state index contributed by atoms with van der Waals surface area (Å²) in [4.78, 5) is 26.1. The van der Waals surface area contributed by atoms with Gasteiger partial charge in [-0.15, -0.1) is 12.4 Å². The van der Waals surface area contributed by atoms with E-state index in [1.807, 2.05) is 121 Å². The number of aliphatic imine (C=N–C) groups is 2. The smallest absolute Gasteiger partial charge is 0.222 e. The third kappa shape index (κ3) is 9.51. The standard InChI is InChI=1S/C24H20N4O2.C22H14N4O.CH5NO.ClH/c1-26-19-10-6-9-17(13-19)18-11-12-21-20(14-18)24(27-23(25)28(2)30-24)15-22(29-21)16-7-4-3-5-8-16;1-24-18-6-2-4-15(10-18)16-7-8-21-19(11-16)20(26-14-23)12-22(27-21)17-5-3-9-25-13-17;1-2-3;/h3-14,22H,15H2,2H3,(H2,25,27);2-11,13,22H,12H2;2-3H,1H3;1H. The molecule has 13 nitrogen and oxygen atoms in total. The number of aromatic nitrogens is 1. The summed E-state index contributed by atoms with van der Waals surface area (Å²) in [5.74, 6) is 1.73. The second kappa shape index (κ2) is 19.5. The Labute approximate surface area is 360 Å². The highest BCUT2D eigenvalue weighted by Gasteiger charge is 2.49. The number of nitrogens with zero attached hydrogens (tertiary/aromatic N) is 7. The molecule has 4 heterocycles. The van der Waals surface area contributed by atoms with Crippen molar-refractivity contribution < 1.29 is 19.5 Å². The third-order valence-corrected chi connectivity index (χ3v) is 10.0. The Hall–Kier alpha value is -7.57. The van der Waals surface area contributed by atoms with Crippen LogP contribution in [-0.2, 0) is 10.6 Å². The van der Waals surface area contributed by atoms with Gasteiger partial charge in [-0.1, -0.05) is 84.9 Å². The molecule has 304 valence electrons. The van der Waals surface area contributed by atoms with E-state index in [2.05, 4.69) is 19.7 Å². The van der Waals surface area contributed by atoms with Gasteiger partial charge in [-0.25, -0.2) is 30.1 Å². The molecule has 9 rings (SSSR count). The fourth-order valence-corrected chi connectivity index (χ4v) is 7.22. The van der Waals surface area contributed by atoms with Crippen molar-refractivity contribution in [1.29, 1.82) is 5.26 Å². The zero-order valence-corrected chi connectivity index (χ0v) is 34.0. The summed E-state index contributed by atoms with van der Waals surface area (Å²) in [6.07, 6.45) is 5.95. The highest BCUT2D eigenvalue weighted by atomic mass is 35.5. The first-order valence-corrected chi connectivity index (χ1v) is 18.9. The molecule has 3 aliphatic heterocycles. The van der Waals surface area contributed by atoms with Crippen molar-refractivity contribution in [2.75, 3.05) is 14.1 Å². The summed E-state index contributed by atoms with van der Waals surface area (Å²) >= 11 is 0. The van der Waals surface area contributed by atoms with Crippen LogP contribution in [-0.4, -0.2) is 41.0 Å². The van der Waals surface area contributed by atoms with Crippen LogP contribution in [0.5, 0.6) is 11.5 Å². The van der Waals surface area contributed by atoms with Gasteiger partial charge in [0, 0.05) is 50.5 Å². The summed E-state index contributed by atoms with van der Waals surface area (Å²) < 4.78 is 12.5. The molecule has 0 amide bonds. The Morgan fingerprint density at radius 3 is 2.02 bits per heavy atom. The average Bonchev–Trinajstić information content (AvgIpc) is 3.58. The maximum absolute atomic E-state index is 9.13. The molecule has 0 saturated carbocycles. The molecule has 61 heavy (non-hydrogen) atoms. The van der Waals surface area contributed by atoms with Crippen molar-refractivity contribution in [3.05, 3.63) is 185 Å². The van der Waals surface area contributed by atoms with Crippen molar-refractivity contribution in [2.45, 2.75) is 30.8 Å². The van der Waals surface area contributed by atoms with Crippen molar-refractivity contribution in [3.63, 3.8) is 0 Å². The van der Waals surface area contributed by atoms with Gasteiger partial charge in [0.2, 0.25) is 17.9 Å². The van der Waals surface area contributed by atoms with Crippen LogP contribution in [0, 0.1) is 24.6 Å². The highest BCUT2D eigenvalue weighted by Crippen LogP contribution is 2.51. The molecular formula is C47H40ClN9O4. The second-order valence-electron chi connectivity index (χ2n) is 13.8. The Morgan fingerprint density at radius 1 is 0.820 bits per heavy atom. The number of hydroxylamine groups is 3. The predicted molar refractivity (Wildman–Crippen MR) is 235 cm³/mol. The zero-order chi connectivity index (χ0) is 42.1. The summed E-state index contributed by atoms with van der Waals surface area (Å²) in [5.41, 5.74) is 16.2. The lowest BCUT2D eigenvalue weighted by Gasteiger charge is -2.37. The molecule has 0 aliphatic carbocycles. The number of nitriles is 1. The van der Waals surface area contributed by atoms with Crippen LogP contribution in [0.4, 0.5) is 11.4 Å². The average molecular weight is 830 g/mol. The van der Waals surface area contributed by atoms with E-state index in [0.29, 0.717) is 47.4 Å². The van der Waals surface area contributed by atoms with E-state index < -0.39 is 5.72 Å². The number of nitrogens with two attached hydrogens (primary N) is 1. The lowest BCUT2D eigenvalue weighted by molar-refractivity contribution is -0.191. The number of fused-ring (bicyclic) bond motifs is 3. The number of halogens is 1. The SMILES string of the molecule is CNO.Cl.[C-]#[N+]c1cccc(-c2ccc3c(c2)C(=NC#N)CC(c2cccnc2)O3)c1.[C-]#[N+]c1cccc(-c2ccc3c(c2)C2(CC(c4ccccc4)O3)N=C(N)N(C)O2)c1. The van der Waals surface area contributed by atoms with Gasteiger partial charge in [-0.3, -0.25) is 4.98 Å². The Morgan fingerprint density at radius 2 is 1.43 bits per heavy atom. The molecular weight excluding hydrogens is 790 g/mol. The van der Waals surface area contributed by atoms with Crippen LogP contribution in [0.3, 0.4) is 0 Å². The quantitative estimate of drug-likeness (QED) is 0.0893. The van der Waals surface area contributed by atoms with E-state index in [4.69, 9.17) is 48.7 Å². The van der Waals surface area contributed by atoms with Crippen molar-refractivity contribution in [1.82, 2.24) is 15.5 Å². The maximum Gasteiger partial charge on any atom is 0.222 e. The molecule has 3 aliphatic rings. The van der Waals surface area contributed by atoms with Crippen LogP contribution in [0.15, 0.2) is 150 Å². The molecule has 1 aromatic heterocycles. The van der Waals surface area contributed by atoms with Gasteiger partial charge in [0.1, 0.15) is 23.7 Å². The van der Waals surface area contributed by atoms with E-state index in [1.54, 1.807) is 37.1 Å². The normalized spacial score (nSPS) is 18.6. The van der Waals surface area contributed by atoms with Gasteiger partial charge < -0.3 is 20.4 Å². The van der Waals surface area contributed by atoms with Crippen molar-refractivity contribution in [2.24, 2.45) is 15.7 Å². The van der Waals surface area contributed by atoms with E-state index in [9.17, 15) is 0 Å². The number of pyridine rings is 1. The summed E-state index contributed by atoms with van der Waals surface area (Å²) in [6, 6.07) is 40.6. The predicted octanol–water partition coefficient (Wildman–Crippen LogP) is 9.88. The fraction of sp³-hybridized carbons (Fsp3) is 0.149. The Balaban J connectivity index is 0.000000190. The van der Waals surface area contributed by atoms with Gasteiger partial charge in [0.05, 0.1) is 24.4 Å². The first-order chi connectivity index (χ1) is 29.3. The lowest BCUT2D eigenvalue weighted by atomic mass is 9.88. The molecule has 0 saturated heterocycles. The monoisotopic (exact) mass is 829 g/mol. The van der Waals surface area contributed by atoms with Crippen molar-refractivity contribution >= 4 is 35.5 Å². The van der Waals surface area contributed by atoms with Gasteiger partial charge >= 0.3 is 0 Å². The van der Waals surface area contributed by atoms with Gasteiger partial charge in [-0.2, -0.15) is 10.3 Å². The van der Waals surface area contributed by atoms with Crippen LogP contribution in [0.2, 0.25) is 0 Å². The van der Waals surface area contributed by atoms with E-state index in [-0.39, 0.29) is 24.6 Å². The van der Waals surface area contributed by atoms with Crippen LogP contribution >= 0.6 is 12.4 Å². The van der Waals surface area contributed by atoms with Crippen LogP contribution < -0.4 is 20.7 Å². The number of nitrogens with one attached hydrogen (secondary N) is 1. The molecule has 4 N–H and O–H groups in total. The van der Waals surface area contributed by atoms with Gasteiger partial charge in [-0.05, 0) is 70.3 Å². The minimum absolute atomic E-state index is 0. The molecule has 3 atom stereocenters. The number of benzene rings is 5. The largest absolute Gasteiger partial charge is 0.485 e. The van der Waals surface area contributed by atoms with E-state index in [0.717, 1.165) is 44.5 Å². The molecule has 1 spiro atoms. The lowest BCUT2D eigenvalue weighted by Crippen LogP contribution is -2.36. The molecule has 3 unspecified atom stereocenters. The fourth-order valence-electron chi connectivity index (χ4n) is 7.22. The van der Waals surface area contributed by atoms with Gasteiger partial charge in [0.15, 0.2) is 11.4 Å². The summed E-state index contributed by atoms with van der Waals surface area (Å²) in [5, 5.41) is 18.0. The molecule has 5 aromatic carbocycles. The number of guanidine groups is 1.